The third kappa shape index (κ3) is 13.2. The van der Waals surface area contributed by atoms with Crippen LogP contribution in [0.25, 0.3) is 5.57 Å². The fourth-order valence-corrected chi connectivity index (χ4v) is 13.3. The maximum Gasteiger partial charge on any atom is 0.501 e. The van der Waals surface area contributed by atoms with Crippen molar-refractivity contribution in [2.45, 2.75) is 92.1 Å². The van der Waals surface area contributed by atoms with E-state index in [1.807, 2.05) is 40.4 Å². The van der Waals surface area contributed by atoms with Gasteiger partial charge in [-0.05, 0) is 118 Å². The van der Waals surface area contributed by atoms with Crippen molar-refractivity contribution in [3.05, 3.63) is 105 Å². The van der Waals surface area contributed by atoms with E-state index in [2.05, 4.69) is 65.6 Å². The first-order chi connectivity index (χ1) is 32.0. The lowest BCUT2D eigenvalue weighted by Gasteiger charge is -2.42. The van der Waals surface area contributed by atoms with E-state index < -0.39 is 47.1 Å². The van der Waals surface area contributed by atoms with Gasteiger partial charge in [-0.3, -0.25) is 14.6 Å². The number of thiophene rings is 1. The van der Waals surface area contributed by atoms with Crippen molar-refractivity contribution in [1.82, 2.24) is 19.4 Å². The van der Waals surface area contributed by atoms with Gasteiger partial charge in [-0.2, -0.15) is 13.2 Å². The molecule has 0 bridgehead atoms. The number of allylic oxidation sites excluding steroid dienone is 1. The molecular formula is C49H62ClF3N6O5S4. The molecule has 1 aromatic heterocycles. The summed E-state index contributed by atoms with van der Waals surface area (Å²) in [7, 11) is -10.9. The Balaban J connectivity index is 1.02. The Morgan fingerprint density at radius 2 is 1.53 bits per heavy atom. The van der Waals surface area contributed by atoms with Crippen LogP contribution in [0.5, 0.6) is 0 Å². The number of alkyl halides is 3. The molecule has 2 N–H and O–H groups in total. The number of carbonyl (C=O) groups is 1. The molecule has 1 unspecified atom stereocenters. The van der Waals surface area contributed by atoms with Crippen LogP contribution in [0, 0.1) is 5.41 Å². The number of hydrogen-bond donors (Lipinski definition) is 2. The number of sulfonamides is 1. The third-order valence-electron chi connectivity index (χ3n) is 13.1. The lowest BCUT2D eigenvalue weighted by Crippen LogP contribution is -2.53. The van der Waals surface area contributed by atoms with Crippen LogP contribution in [0.3, 0.4) is 0 Å². The zero-order chi connectivity index (χ0) is 49.1. The van der Waals surface area contributed by atoms with E-state index in [9.17, 15) is 34.8 Å². The van der Waals surface area contributed by atoms with Gasteiger partial charge < -0.3 is 15.1 Å². The Kier molecular flexibility index (Phi) is 16.4. The fourth-order valence-electron chi connectivity index (χ4n) is 9.08. The van der Waals surface area contributed by atoms with Crippen LogP contribution >= 0.6 is 34.7 Å². The predicted octanol–water partition coefficient (Wildman–Crippen LogP) is 9.98. The molecule has 3 heterocycles. The number of sulfone groups is 1. The smallest absolute Gasteiger partial charge is 0.380 e. The topological polar surface area (TPSA) is 122 Å². The summed E-state index contributed by atoms with van der Waals surface area (Å²) in [5.41, 5.74) is -2.16. The number of amides is 1. The average molecular weight is 1040 g/mol. The maximum absolute atomic E-state index is 14.3. The van der Waals surface area contributed by atoms with Crippen LogP contribution < -0.4 is 14.9 Å². The quantitative estimate of drug-likeness (QED) is 0.104. The summed E-state index contributed by atoms with van der Waals surface area (Å²) < 4.78 is 98.5. The Labute approximate surface area is 413 Å². The van der Waals surface area contributed by atoms with Gasteiger partial charge >= 0.3 is 5.51 Å². The maximum atomic E-state index is 14.3. The highest BCUT2D eigenvalue weighted by Crippen LogP contribution is 2.44. The van der Waals surface area contributed by atoms with E-state index in [1.54, 1.807) is 23.5 Å². The molecule has 0 radical (unpaired) electrons. The summed E-state index contributed by atoms with van der Waals surface area (Å²) in [6.45, 7) is 19.1. The molecular weight excluding hydrogens is 973 g/mol. The lowest BCUT2D eigenvalue weighted by atomic mass is 9.74. The third-order valence-corrected chi connectivity index (χ3v) is 18.4. The minimum atomic E-state index is -6.06. The molecule has 370 valence electrons. The zero-order valence-electron chi connectivity index (χ0n) is 39.2. The van der Waals surface area contributed by atoms with Gasteiger partial charge in [0.1, 0.15) is 4.90 Å². The minimum Gasteiger partial charge on any atom is -0.380 e. The number of benzene rings is 3. The molecule has 19 heteroatoms. The molecule has 11 nitrogen and oxygen atoms in total. The average Bonchev–Trinajstić information content (AvgIpc) is 3.72. The number of anilines is 2. The van der Waals surface area contributed by atoms with Crippen LogP contribution in [0.4, 0.5) is 24.5 Å². The van der Waals surface area contributed by atoms with Gasteiger partial charge in [0.2, 0.25) is 0 Å². The van der Waals surface area contributed by atoms with Crippen molar-refractivity contribution in [3.8, 4) is 0 Å². The van der Waals surface area contributed by atoms with E-state index in [0.29, 0.717) is 24.8 Å². The summed E-state index contributed by atoms with van der Waals surface area (Å²) in [5, 5.41) is 5.79. The molecule has 3 aliphatic rings. The van der Waals surface area contributed by atoms with Gasteiger partial charge in [-0.15, -0.1) is 23.1 Å². The number of nitrogens with zero attached hydrogens (tertiary/aromatic N) is 4. The molecule has 3 aromatic carbocycles. The standard InChI is InChI=1S/C49H62ClF3N6O5S4/c1-47(2,3)59-27-23-56(24-28-59)20-18-38(34-65-40-9-7-6-8-10-40)54-43-16-15-41(30-45(43)67(61,62)49(51,52)53)68(63,64)55-46(60)35-11-13-39(14-12-35)58-25-21-57(22-26-58)32-36-31-48(4,5)19-17-42(36)44-29-37(50)33-66-44/h6-16,29-30,33,38,54H,17-28,31-32,34H2,1-5H3,(H,55,60). The second-order valence-electron chi connectivity index (χ2n) is 19.7. The zero-order valence-corrected chi connectivity index (χ0v) is 43.3. The van der Waals surface area contributed by atoms with Gasteiger partial charge in [0.05, 0.1) is 15.6 Å². The van der Waals surface area contributed by atoms with Gasteiger partial charge in [0, 0.05) is 109 Å². The molecule has 2 aliphatic heterocycles. The van der Waals surface area contributed by atoms with E-state index in [1.165, 1.54) is 39.9 Å². The summed E-state index contributed by atoms with van der Waals surface area (Å²) in [6, 6.07) is 20.0. The van der Waals surface area contributed by atoms with E-state index in [4.69, 9.17) is 11.6 Å². The number of hydrogen-bond acceptors (Lipinski definition) is 12. The van der Waals surface area contributed by atoms with Crippen LogP contribution in [0.1, 0.15) is 75.5 Å². The highest BCUT2D eigenvalue weighted by Gasteiger charge is 2.48. The normalized spacial score (nSPS) is 18.7. The molecule has 2 fully saturated rings. The van der Waals surface area contributed by atoms with Crippen LogP contribution in [-0.4, -0.2) is 126 Å². The van der Waals surface area contributed by atoms with E-state index in [-0.39, 0.29) is 22.2 Å². The molecule has 7 rings (SSSR count). The summed E-state index contributed by atoms with van der Waals surface area (Å²) in [6.07, 6.45) is 3.65. The van der Waals surface area contributed by atoms with Crippen molar-refractivity contribution in [1.29, 1.82) is 0 Å². The molecule has 4 aromatic rings. The van der Waals surface area contributed by atoms with Crippen molar-refractivity contribution >= 4 is 77.4 Å². The van der Waals surface area contributed by atoms with Crippen molar-refractivity contribution in [2.75, 3.05) is 81.4 Å². The van der Waals surface area contributed by atoms with Gasteiger partial charge in [0.25, 0.3) is 25.8 Å². The molecule has 68 heavy (non-hydrogen) atoms. The van der Waals surface area contributed by atoms with Crippen molar-refractivity contribution in [2.24, 2.45) is 5.41 Å². The molecule has 2 saturated heterocycles. The van der Waals surface area contributed by atoms with Crippen molar-refractivity contribution in [3.63, 3.8) is 0 Å². The number of carbonyl (C=O) groups excluding carboxylic acids is 1. The highest BCUT2D eigenvalue weighted by molar-refractivity contribution is 7.99. The van der Waals surface area contributed by atoms with E-state index >= 15 is 0 Å². The largest absolute Gasteiger partial charge is 0.501 e. The number of thioether (sulfide) groups is 1. The molecule has 1 amide bonds. The first-order valence-corrected chi connectivity index (χ1v) is 28.2. The first-order valence-electron chi connectivity index (χ1n) is 22.9. The second kappa shape index (κ2) is 21.4. The predicted molar refractivity (Wildman–Crippen MR) is 270 cm³/mol. The van der Waals surface area contributed by atoms with Crippen LogP contribution in [0.2, 0.25) is 5.02 Å². The Morgan fingerprint density at radius 3 is 2.15 bits per heavy atom. The molecule has 1 aliphatic carbocycles. The SMILES string of the molecule is CC1(C)CCC(c2cc(Cl)cs2)=C(CN2CCN(c3ccc(C(=O)NS(=O)(=O)c4ccc(NC(CCN5CCN(C(C)(C)C)CC5)CSc5ccccc5)c(S(=O)(=O)C(F)(F)F)c4)cc3)CC2)C1. The van der Waals surface area contributed by atoms with E-state index in [0.717, 1.165) is 106 Å². The van der Waals surface area contributed by atoms with Crippen molar-refractivity contribution < 1.29 is 34.8 Å². The summed E-state index contributed by atoms with van der Waals surface area (Å²) in [4.78, 5) is 22.9. The Hall–Kier alpha value is -3.62. The van der Waals surface area contributed by atoms with Crippen LogP contribution in [0.15, 0.2) is 105 Å². The number of nitrogens with one attached hydrogen (secondary N) is 2. The first kappa shape index (κ1) is 52.2. The lowest BCUT2D eigenvalue weighted by molar-refractivity contribution is -0.0435. The Bertz CT molecular complexity index is 2640. The highest BCUT2D eigenvalue weighted by atomic mass is 35.5. The molecule has 1 atom stereocenters. The number of rotatable bonds is 16. The fraction of sp³-hybridized carbons (Fsp3) is 0.490. The monoisotopic (exact) mass is 1030 g/mol. The van der Waals surface area contributed by atoms with Gasteiger partial charge in [-0.25, -0.2) is 21.6 Å². The summed E-state index contributed by atoms with van der Waals surface area (Å²) in [5.74, 6) is -0.635. The number of halogens is 4. The van der Waals surface area contributed by atoms with Gasteiger partial charge in [0.15, 0.2) is 0 Å². The Morgan fingerprint density at radius 1 is 0.868 bits per heavy atom. The molecule has 0 saturated carbocycles. The molecule has 0 spiro atoms. The van der Waals surface area contributed by atoms with Crippen LogP contribution in [-0.2, 0) is 19.9 Å². The number of piperazine rings is 2. The summed E-state index contributed by atoms with van der Waals surface area (Å²) >= 11 is 9.46. The second-order valence-corrected chi connectivity index (χ2v) is 25.7. The van der Waals surface area contributed by atoms with Gasteiger partial charge in [-0.1, -0.05) is 49.2 Å². The minimum absolute atomic E-state index is 0.00372.